The minimum absolute atomic E-state index is 0.0445. The minimum Gasteiger partial charge on any atom is -0.365 e. The Morgan fingerprint density at radius 1 is 1.08 bits per heavy atom. The van der Waals surface area contributed by atoms with Crippen molar-refractivity contribution in [2.75, 3.05) is 6.54 Å². The Morgan fingerprint density at radius 2 is 1.79 bits per heavy atom. The molecule has 200 valence electrons. The van der Waals surface area contributed by atoms with E-state index >= 15 is 0 Å². The van der Waals surface area contributed by atoms with Crippen LogP contribution in [0, 0.1) is 10.1 Å². The van der Waals surface area contributed by atoms with Crippen molar-refractivity contribution in [3.8, 4) is 0 Å². The van der Waals surface area contributed by atoms with Gasteiger partial charge in [0.1, 0.15) is 0 Å². The van der Waals surface area contributed by atoms with Crippen LogP contribution in [0.4, 0.5) is 13.2 Å². The Labute approximate surface area is 217 Å². The summed E-state index contributed by atoms with van der Waals surface area (Å²) in [7, 11) is 0. The van der Waals surface area contributed by atoms with Gasteiger partial charge >= 0.3 is 6.18 Å². The maximum absolute atomic E-state index is 13.5. The number of aliphatic imine (C=N–C) groups is 1. The fourth-order valence-electron chi connectivity index (χ4n) is 4.67. The minimum atomic E-state index is -4.61. The van der Waals surface area contributed by atoms with Crippen LogP contribution in [0.1, 0.15) is 23.1 Å². The van der Waals surface area contributed by atoms with Crippen LogP contribution in [0.2, 0.25) is 0 Å². The van der Waals surface area contributed by atoms with E-state index in [1.54, 1.807) is 23.8 Å². The number of hydrogen-bond donors (Lipinski definition) is 4. The molecule has 3 heterocycles. The van der Waals surface area contributed by atoms with Gasteiger partial charge in [-0.05, 0) is 24.6 Å². The van der Waals surface area contributed by atoms with E-state index in [0.29, 0.717) is 21.9 Å². The van der Waals surface area contributed by atoms with E-state index < -0.39 is 34.5 Å². The first-order valence-electron chi connectivity index (χ1n) is 11.6. The molecule has 4 aromatic rings. The Morgan fingerprint density at radius 3 is 2.51 bits per heavy atom. The van der Waals surface area contributed by atoms with Gasteiger partial charge in [0, 0.05) is 58.4 Å². The van der Waals surface area contributed by atoms with Crippen molar-refractivity contribution >= 4 is 50.7 Å². The zero-order valence-electron chi connectivity index (χ0n) is 20.0. The lowest BCUT2D eigenvalue weighted by molar-refractivity contribution is -0.525. The molecule has 0 atom stereocenters. The van der Waals surface area contributed by atoms with Crippen LogP contribution in [0.15, 0.2) is 59.9 Å². The highest BCUT2D eigenvalue weighted by Gasteiger charge is 2.36. The van der Waals surface area contributed by atoms with Gasteiger partial charge in [-0.2, -0.15) is 13.2 Å². The average Bonchev–Trinajstić information content (AvgIpc) is 3.53. The molecule has 0 aliphatic carbocycles. The van der Waals surface area contributed by atoms with Crippen molar-refractivity contribution < 1.29 is 27.8 Å². The number of nitrogens with one attached hydrogen (secondary N) is 3. The Hall–Kier alpha value is -5.14. The summed E-state index contributed by atoms with van der Waals surface area (Å²) in [5, 5.41) is 13.0. The highest BCUT2D eigenvalue weighted by Crippen LogP contribution is 2.40. The number of aromatic nitrogens is 2. The van der Waals surface area contributed by atoms with Crippen molar-refractivity contribution in [1.29, 1.82) is 0 Å². The molecule has 0 saturated heterocycles. The number of imide groups is 1. The third kappa shape index (κ3) is 4.79. The SMILES string of the molecule is NC(=NCCCn1cc(C2=C(c3c[nH]c4ccccc34)C(=O)NC2=O)c2ccc(C(F)(F)F)cc21)N[N+](=O)[O-]. The van der Waals surface area contributed by atoms with Crippen LogP contribution in [0.5, 0.6) is 0 Å². The number of para-hydroxylation sites is 1. The predicted molar refractivity (Wildman–Crippen MR) is 136 cm³/mol. The molecular weight excluding hydrogens is 519 g/mol. The van der Waals surface area contributed by atoms with Gasteiger partial charge < -0.3 is 15.3 Å². The van der Waals surface area contributed by atoms with E-state index in [-0.39, 0.29) is 36.2 Å². The number of alkyl halides is 3. The van der Waals surface area contributed by atoms with E-state index in [1.165, 1.54) is 16.8 Å². The molecule has 1 aliphatic rings. The number of guanidine groups is 1. The molecule has 0 bridgehead atoms. The fourth-order valence-corrected chi connectivity index (χ4v) is 4.67. The number of aryl methyl sites for hydroxylation is 1. The first-order chi connectivity index (χ1) is 18.5. The van der Waals surface area contributed by atoms with Crippen LogP contribution in [-0.2, 0) is 22.3 Å². The molecule has 2 amide bonds. The van der Waals surface area contributed by atoms with Crippen LogP contribution in [0.25, 0.3) is 33.0 Å². The fraction of sp³-hybridized carbons (Fsp3) is 0.160. The standard InChI is InChI=1S/C25H20F3N7O4/c26-25(27,28)13-6-7-15-17(12-34(19(15)10-13)9-3-8-30-24(29)33-35(38)39)21-20(22(36)32-23(21)37)16-11-31-18-5-2-1-4-14(16)18/h1-2,4-7,10-12,31H,3,8-9H2,(H3,29,30,33)(H,32,36,37). The first kappa shape index (κ1) is 25.5. The van der Waals surface area contributed by atoms with Crippen molar-refractivity contribution in [1.82, 2.24) is 20.3 Å². The third-order valence-corrected chi connectivity index (χ3v) is 6.31. The summed E-state index contributed by atoms with van der Waals surface area (Å²) >= 11 is 0. The number of benzene rings is 2. The lowest BCUT2D eigenvalue weighted by atomic mass is 9.95. The number of hydrazine groups is 1. The van der Waals surface area contributed by atoms with Crippen molar-refractivity contribution in [3.63, 3.8) is 0 Å². The molecule has 0 radical (unpaired) electrons. The second kappa shape index (κ2) is 9.63. The molecule has 39 heavy (non-hydrogen) atoms. The van der Waals surface area contributed by atoms with E-state index in [4.69, 9.17) is 5.73 Å². The lowest BCUT2D eigenvalue weighted by Crippen LogP contribution is -2.36. The number of carbonyl (C=O) groups excluding carboxylic acids is 2. The molecule has 14 heteroatoms. The summed E-state index contributed by atoms with van der Waals surface area (Å²) in [4.78, 5) is 43.3. The third-order valence-electron chi connectivity index (χ3n) is 6.31. The smallest absolute Gasteiger partial charge is 0.365 e. The van der Waals surface area contributed by atoms with Gasteiger partial charge in [0.25, 0.3) is 17.8 Å². The normalized spacial score (nSPS) is 14.5. The topological polar surface area (TPSA) is 160 Å². The number of halogens is 3. The summed E-state index contributed by atoms with van der Waals surface area (Å²) in [6, 6.07) is 10.4. The zero-order valence-corrected chi connectivity index (χ0v) is 20.0. The molecule has 2 aromatic heterocycles. The van der Waals surface area contributed by atoms with Crippen molar-refractivity contribution in [3.05, 3.63) is 81.7 Å². The second-order valence-corrected chi connectivity index (χ2v) is 8.74. The number of nitro groups is 1. The van der Waals surface area contributed by atoms with Crippen LogP contribution >= 0.6 is 0 Å². The maximum Gasteiger partial charge on any atom is 0.416 e. The monoisotopic (exact) mass is 539 g/mol. The van der Waals surface area contributed by atoms with E-state index in [1.807, 2.05) is 12.1 Å². The Kier molecular flexibility index (Phi) is 6.30. The Balaban J connectivity index is 1.63. The molecule has 2 aromatic carbocycles. The average molecular weight is 539 g/mol. The number of amides is 2. The predicted octanol–water partition coefficient (Wildman–Crippen LogP) is 3.19. The molecule has 1 aliphatic heterocycles. The van der Waals surface area contributed by atoms with Crippen LogP contribution in [0.3, 0.4) is 0 Å². The summed E-state index contributed by atoms with van der Waals surface area (Å²) in [5.41, 5.74) is 8.11. The van der Waals surface area contributed by atoms with Gasteiger partial charge in [0.15, 0.2) is 5.03 Å². The molecule has 5 N–H and O–H groups in total. The van der Waals surface area contributed by atoms with Gasteiger partial charge in [-0.15, -0.1) is 0 Å². The van der Waals surface area contributed by atoms with Crippen LogP contribution < -0.4 is 16.5 Å². The van der Waals surface area contributed by atoms with Crippen molar-refractivity contribution in [2.45, 2.75) is 19.1 Å². The molecule has 11 nitrogen and oxygen atoms in total. The second-order valence-electron chi connectivity index (χ2n) is 8.74. The number of nitrogens with zero attached hydrogens (tertiary/aromatic N) is 3. The molecule has 5 rings (SSSR count). The molecular formula is C25H20F3N7O4. The number of fused-ring (bicyclic) bond motifs is 2. The number of nitrogens with two attached hydrogens (primary N) is 1. The number of rotatable bonds is 7. The van der Waals surface area contributed by atoms with Gasteiger partial charge in [-0.1, -0.05) is 29.7 Å². The molecule has 0 saturated carbocycles. The number of H-pyrrole nitrogens is 1. The summed E-state index contributed by atoms with van der Waals surface area (Å²) in [6.07, 6.45) is -1.21. The van der Waals surface area contributed by atoms with Crippen LogP contribution in [-0.4, -0.2) is 38.9 Å². The van der Waals surface area contributed by atoms with E-state index in [9.17, 15) is 32.9 Å². The molecule has 0 unspecified atom stereocenters. The molecule has 0 spiro atoms. The largest absolute Gasteiger partial charge is 0.416 e. The highest BCUT2D eigenvalue weighted by atomic mass is 19.4. The quantitative estimate of drug-likeness (QED) is 0.0705. The van der Waals surface area contributed by atoms with Gasteiger partial charge in [0.2, 0.25) is 0 Å². The first-order valence-corrected chi connectivity index (χ1v) is 11.6. The number of aromatic amines is 1. The molecule has 0 fully saturated rings. The number of carbonyl (C=O) groups is 2. The van der Waals surface area contributed by atoms with Crippen molar-refractivity contribution in [2.24, 2.45) is 10.7 Å². The van der Waals surface area contributed by atoms with Gasteiger partial charge in [-0.25, -0.2) is 15.1 Å². The number of hydrogen-bond acceptors (Lipinski definition) is 5. The summed E-state index contributed by atoms with van der Waals surface area (Å²) in [6.45, 7) is 0.196. The zero-order chi connectivity index (χ0) is 27.9. The maximum atomic E-state index is 13.5. The highest BCUT2D eigenvalue weighted by molar-refractivity contribution is 6.50. The van der Waals surface area contributed by atoms with E-state index in [2.05, 4.69) is 15.3 Å². The lowest BCUT2D eigenvalue weighted by Gasteiger charge is -2.09. The van der Waals surface area contributed by atoms with Gasteiger partial charge in [-0.3, -0.25) is 14.9 Å². The summed E-state index contributed by atoms with van der Waals surface area (Å²) in [5.74, 6) is -1.69. The van der Waals surface area contributed by atoms with E-state index in [0.717, 1.165) is 17.6 Å². The summed E-state index contributed by atoms with van der Waals surface area (Å²) < 4.78 is 42.2. The Bertz CT molecular complexity index is 1720. The van der Waals surface area contributed by atoms with Gasteiger partial charge in [0.05, 0.1) is 16.7 Å².